The van der Waals surface area contributed by atoms with Crippen LogP contribution in [0.1, 0.15) is 22.7 Å². The van der Waals surface area contributed by atoms with E-state index in [4.69, 9.17) is 15.2 Å². The number of ether oxygens (including phenoxy) is 2. The second kappa shape index (κ2) is 5.76. The topological polar surface area (TPSA) is 44.5 Å². The summed E-state index contributed by atoms with van der Waals surface area (Å²) in [6, 6.07) is 13.6. The molecule has 1 atom stereocenters. The summed E-state index contributed by atoms with van der Waals surface area (Å²) in [7, 11) is 3.28. The largest absolute Gasteiger partial charge is 0.496 e. The zero-order chi connectivity index (χ0) is 13.8. The van der Waals surface area contributed by atoms with E-state index in [1.54, 1.807) is 14.2 Å². The summed E-state index contributed by atoms with van der Waals surface area (Å²) >= 11 is 0. The van der Waals surface area contributed by atoms with Crippen molar-refractivity contribution in [1.29, 1.82) is 0 Å². The average molecular weight is 257 g/mol. The molecule has 19 heavy (non-hydrogen) atoms. The van der Waals surface area contributed by atoms with Crippen LogP contribution < -0.4 is 15.2 Å². The Labute approximate surface area is 114 Å². The molecule has 0 amide bonds. The van der Waals surface area contributed by atoms with E-state index in [-0.39, 0.29) is 6.04 Å². The minimum Gasteiger partial charge on any atom is -0.496 e. The molecule has 0 heterocycles. The summed E-state index contributed by atoms with van der Waals surface area (Å²) in [5.41, 5.74) is 9.48. The van der Waals surface area contributed by atoms with Gasteiger partial charge in [-0.25, -0.2) is 0 Å². The monoisotopic (exact) mass is 257 g/mol. The van der Waals surface area contributed by atoms with Gasteiger partial charge < -0.3 is 15.2 Å². The molecule has 0 aromatic heterocycles. The normalized spacial score (nSPS) is 12.0. The number of hydrogen-bond donors (Lipinski definition) is 1. The second-order valence-electron chi connectivity index (χ2n) is 4.47. The van der Waals surface area contributed by atoms with E-state index in [1.165, 1.54) is 5.56 Å². The number of hydrogen-bond acceptors (Lipinski definition) is 3. The summed E-state index contributed by atoms with van der Waals surface area (Å²) in [6.07, 6.45) is 0. The highest BCUT2D eigenvalue weighted by Gasteiger charge is 2.19. The summed E-state index contributed by atoms with van der Waals surface area (Å²) in [5, 5.41) is 0. The van der Waals surface area contributed by atoms with Gasteiger partial charge in [-0.1, -0.05) is 35.9 Å². The van der Waals surface area contributed by atoms with Crippen LogP contribution >= 0.6 is 0 Å². The zero-order valence-corrected chi connectivity index (χ0v) is 11.5. The van der Waals surface area contributed by atoms with Crippen molar-refractivity contribution in [3.63, 3.8) is 0 Å². The fraction of sp³-hybridized carbons (Fsp3) is 0.250. The Kier molecular flexibility index (Phi) is 4.07. The molecule has 0 fully saturated rings. The number of aryl methyl sites for hydroxylation is 1. The van der Waals surface area contributed by atoms with Gasteiger partial charge in [-0.2, -0.15) is 0 Å². The Morgan fingerprint density at radius 2 is 1.53 bits per heavy atom. The Hall–Kier alpha value is -2.00. The van der Waals surface area contributed by atoms with Crippen LogP contribution in [0.5, 0.6) is 11.5 Å². The lowest BCUT2D eigenvalue weighted by Crippen LogP contribution is -2.14. The highest BCUT2D eigenvalue weighted by atomic mass is 16.5. The summed E-state index contributed by atoms with van der Waals surface area (Å²) < 4.78 is 10.8. The second-order valence-corrected chi connectivity index (χ2v) is 4.47. The average Bonchev–Trinajstić information content (AvgIpc) is 2.45. The van der Waals surface area contributed by atoms with Gasteiger partial charge >= 0.3 is 0 Å². The standard InChI is InChI=1S/C16H19NO2/c1-11-6-4-7-12(10-11)16(17)15-13(18-2)8-5-9-14(15)19-3/h4-10,16H,17H2,1-3H3. The van der Waals surface area contributed by atoms with E-state index in [1.807, 2.05) is 30.3 Å². The highest BCUT2D eigenvalue weighted by Crippen LogP contribution is 2.35. The van der Waals surface area contributed by atoms with E-state index in [2.05, 4.69) is 19.1 Å². The smallest absolute Gasteiger partial charge is 0.127 e. The maximum atomic E-state index is 6.38. The first-order valence-electron chi connectivity index (χ1n) is 6.20. The van der Waals surface area contributed by atoms with E-state index < -0.39 is 0 Å². The third-order valence-electron chi connectivity index (χ3n) is 3.18. The molecule has 100 valence electrons. The van der Waals surface area contributed by atoms with E-state index >= 15 is 0 Å². The van der Waals surface area contributed by atoms with E-state index in [0.717, 1.165) is 22.6 Å². The molecule has 0 aliphatic carbocycles. The summed E-state index contributed by atoms with van der Waals surface area (Å²) in [4.78, 5) is 0. The van der Waals surface area contributed by atoms with Gasteiger partial charge in [0.05, 0.1) is 25.8 Å². The predicted molar refractivity (Wildman–Crippen MR) is 76.8 cm³/mol. The fourth-order valence-corrected chi connectivity index (χ4v) is 2.22. The predicted octanol–water partition coefficient (Wildman–Crippen LogP) is 3.06. The van der Waals surface area contributed by atoms with Crippen molar-refractivity contribution >= 4 is 0 Å². The molecule has 2 aromatic rings. The van der Waals surface area contributed by atoms with Gasteiger partial charge in [-0.05, 0) is 24.6 Å². The number of nitrogens with two attached hydrogens (primary N) is 1. The molecule has 0 radical (unpaired) electrons. The molecule has 0 aliphatic rings. The zero-order valence-electron chi connectivity index (χ0n) is 11.5. The third-order valence-corrected chi connectivity index (χ3v) is 3.18. The van der Waals surface area contributed by atoms with Crippen LogP contribution in [0.2, 0.25) is 0 Å². The first-order chi connectivity index (χ1) is 9.17. The molecule has 0 saturated carbocycles. The molecule has 3 heteroatoms. The first-order valence-corrected chi connectivity index (χ1v) is 6.20. The minimum atomic E-state index is -0.272. The molecule has 1 unspecified atom stereocenters. The molecular weight excluding hydrogens is 238 g/mol. The lowest BCUT2D eigenvalue weighted by molar-refractivity contribution is 0.382. The van der Waals surface area contributed by atoms with Crippen LogP contribution in [0, 0.1) is 6.92 Å². The Bertz CT molecular complexity index is 544. The lowest BCUT2D eigenvalue weighted by Gasteiger charge is -2.19. The molecule has 2 aromatic carbocycles. The quantitative estimate of drug-likeness (QED) is 0.915. The maximum Gasteiger partial charge on any atom is 0.127 e. The van der Waals surface area contributed by atoms with Crippen LogP contribution in [-0.4, -0.2) is 14.2 Å². The Morgan fingerprint density at radius 3 is 2.05 bits per heavy atom. The molecule has 0 bridgehead atoms. The van der Waals surface area contributed by atoms with E-state index in [0.29, 0.717) is 0 Å². The molecule has 0 aliphatic heterocycles. The molecular formula is C16H19NO2. The summed E-state index contributed by atoms with van der Waals surface area (Å²) in [5.74, 6) is 1.49. The van der Waals surface area contributed by atoms with Gasteiger partial charge in [0, 0.05) is 0 Å². The lowest BCUT2D eigenvalue weighted by atomic mass is 9.96. The first kappa shape index (κ1) is 13.4. The molecule has 0 spiro atoms. The number of methoxy groups -OCH3 is 2. The van der Waals surface area contributed by atoms with Gasteiger partial charge in [0.2, 0.25) is 0 Å². The van der Waals surface area contributed by atoms with Crippen molar-refractivity contribution in [2.45, 2.75) is 13.0 Å². The maximum absolute atomic E-state index is 6.38. The van der Waals surface area contributed by atoms with Crippen molar-refractivity contribution in [2.75, 3.05) is 14.2 Å². The van der Waals surface area contributed by atoms with Gasteiger partial charge in [0.15, 0.2) is 0 Å². The van der Waals surface area contributed by atoms with Gasteiger partial charge in [-0.3, -0.25) is 0 Å². The summed E-state index contributed by atoms with van der Waals surface area (Å²) in [6.45, 7) is 2.05. The molecule has 2 N–H and O–H groups in total. The molecule has 3 nitrogen and oxygen atoms in total. The van der Waals surface area contributed by atoms with Crippen LogP contribution in [0.3, 0.4) is 0 Å². The van der Waals surface area contributed by atoms with Gasteiger partial charge in [0.1, 0.15) is 11.5 Å². The Morgan fingerprint density at radius 1 is 0.947 bits per heavy atom. The van der Waals surface area contributed by atoms with E-state index in [9.17, 15) is 0 Å². The van der Waals surface area contributed by atoms with Crippen LogP contribution in [0.25, 0.3) is 0 Å². The SMILES string of the molecule is COc1cccc(OC)c1C(N)c1cccc(C)c1. The third kappa shape index (κ3) is 2.71. The minimum absolute atomic E-state index is 0.272. The van der Waals surface area contributed by atoms with Crippen LogP contribution in [0.4, 0.5) is 0 Å². The highest BCUT2D eigenvalue weighted by molar-refractivity contribution is 5.50. The van der Waals surface area contributed by atoms with Crippen molar-refractivity contribution in [1.82, 2.24) is 0 Å². The molecule has 2 rings (SSSR count). The number of rotatable bonds is 4. The van der Waals surface area contributed by atoms with Crippen molar-refractivity contribution < 1.29 is 9.47 Å². The fourth-order valence-electron chi connectivity index (χ4n) is 2.22. The van der Waals surface area contributed by atoms with Gasteiger partial charge in [-0.15, -0.1) is 0 Å². The molecule has 0 saturated heterocycles. The van der Waals surface area contributed by atoms with Crippen molar-refractivity contribution in [3.8, 4) is 11.5 Å². The van der Waals surface area contributed by atoms with Gasteiger partial charge in [0.25, 0.3) is 0 Å². The number of benzene rings is 2. The van der Waals surface area contributed by atoms with Crippen LogP contribution in [0.15, 0.2) is 42.5 Å². The van der Waals surface area contributed by atoms with Crippen LogP contribution in [-0.2, 0) is 0 Å². The van der Waals surface area contributed by atoms with Crippen molar-refractivity contribution in [3.05, 3.63) is 59.2 Å². The Balaban J connectivity index is 2.51. The van der Waals surface area contributed by atoms with Crippen molar-refractivity contribution in [2.24, 2.45) is 5.73 Å².